The number of thiophene rings is 1. The van der Waals surface area contributed by atoms with E-state index in [9.17, 15) is 0 Å². The number of benzene rings is 10. The number of hydrogen-bond donors (Lipinski definition) is 0. The molecule has 0 saturated carbocycles. The van der Waals surface area contributed by atoms with Crippen LogP contribution < -0.4 is 0 Å². The number of aromatic nitrogens is 3. The van der Waals surface area contributed by atoms with Gasteiger partial charge in [0.25, 0.3) is 0 Å². The Labute approximate surface area is 365 Å². The Morgan fingerprint density at radius 1 is 0.302 bits per heavy atom. The normalized spacial score (nSPS) is 12.1. The van der Waals surface area contributed by atoms with E-state index in [1.54, 1.807) is 0 Å². The van der Waals surface area contributed by atoms with E-state index >= 15 is 0 Å². The molecular formula is C59H35N3S. The lowest BCUT2D eigenvalue weighted by atomic mass is 9.91. The zero-order chi connectivity index (χ0) is 41.2. The number of pyridine rings is 1. The third-order valence-corrected chi connectivity index (χ3v) is 14.5. The molecule has 4 heteroatoms. The molecule has 0 bridgehead atoms. The monoisotopic (exact) mass is 817 g/mol. The fourth-order valence-corrected chi connectivity index (χ4v) is 11.7. The highest BCUT2D eigenvalue weighted by Crippen LogP contribution is 2.43. The molecular weight excluding hydrogens is 783 g/mol. The van der Waals surface area contributed by atoms with Crippen LogP contribution in [0.3, 0.4) is 0 Å². The summed E-state index contributed by atoms with van der Waals surface area (Å²) >= 11 is 1.83. The van der Waals surface area contributed by atoms with E-state index in [4.69, 9.17) is 4.98 Å². The molecule has 0 aliphatic carbocycles. The van der Waals surface area contributed by atoms with Crippen molar-refractivity contribution in [3.8, 4) is 33.8 Å². The fourth-order valence-electron chi connectivity index (χ4n) is 10.5. The molecule has 0 radical (unpaired) electrons. The molecule has 0 amide bonds. The van der Waals surface area contributed by atoms with Gasteiger partial charge in [-0.25, -0.2) is 0 Å². The lowest BCUT2D eigenvalue weighted by Gasteiger charge is -2.12. The van der Waals surface area contributed by atoms with Crippen molar-refractivity contribution in [2.24, 2.45) is 0 Å². The molecule has 3 nitrogen and oxygen atoms in total. The first-order valence-corrected chi connectivity index (χ1v) is 22.3. The van der Waals surface area contributed by atoms with E-state index in [-0.39, 0.29) is 0 Å². The molecule has 292 valence electrons. The summed E-state index contributed by atoms with van der Waals surface area (Å²) in [5.41, 5.74) is 11.6. The van der Waals surface area contributed by atoms with Gasteiger partial charge in [-0.2, -0.15) is 0 Å². The minimum atomic E-state index is 1.02. The predicted molar refractivity (Wildman–Crippen MR) is 269 cm³/mol. The predicted octanol–water partition coefficient (Wildman–Crippen LogP) is 16.4. The second-order valence-corrected chi connectivity index (χ2v) is 17.7. The first-order valence-electron chi connectivity index (χ1n) is 21.5. The van der Waals surface area contributed by atoms with E-state index in [1.165, 1.54) is 107 Å². The fraction of sp³-hybridized carbons (Fsp3) is 0. The van der Waals surface area contributed by atoms with Gasteiger partial charge in [-0.3, -0.25) is 4.98 Å². The van der Waals surface area contributed by atoms with E-state index in [0.29, 0.717) is 0 Å². The molecule has 0 N–H and O–H groups in total. The largest absolute Gasteiger partial charge is 0.309 e. The third kappa shape index (κ3) is 5.04. The Bertz CT molecular complexity index is 4130. The van der Waals surface area contributed by atoms with Crippen LogP contribution in [0.25, 0.3) is 130 Å². The molecule has 0 unspecified atom stereocenters. The van der Waals surface area contributed by atoms with Gasteiger partial charge in [0.15, 0.2) is 0 Å². The number of fused-ring (bicyclic) bond motifs is 15. The van der Waals surface area contributed by atoms with Crippen LogP contribution in [0.4, 0.5) is 0 Å². The average Bonchev–Trinajstić information content (AvgIpc) is 4.01. The van der Waals surface area contributed by atoms with E-state index < -0.39 is 0 Å². The van der Waals surface area contributed by atoms with Gasteiger partial charge in [0.05, 0.1) is 32.5 Å². The maximum absolute atomic E-state index is 5.06. The van der Waals surface area contributed by atoms with E-state index in [2.05, 4.69) is 215 Å². The van der Waals surface area contributed by atoms with Crippen molar-refractivity contribution < 1.29 is 0 Å². The van der Waals surface area contributed by atoms with Crippen molar-refractivity contribution in [1.29, 1.82) is 0 Å². The summed E-state index contributed by atoms with van der Waals surface area (Å²) in [6, 6.07) is 75.8. The Kier molecular flexibility index (Phi) is 7.27. The second kappa shape index (κ2) is 13.2. The summed E-state index contributed by atoms with van der Waals surface area (Å²) in [5, 5.41) is 15.2. The molecule has 63 heavy (non-hydrogen) atoms. The van der Waals surface area contributed by atoms with Crippen LogP contribution in [0.2, 0.25) is 0 Å². The van der Waals surface area contributed by atoms with E-state index in [0.717, 1.165) is 22.6 Å². The molecule has 0 aliphatic heterocycles. The minimum absolute atomic E-state index is 1.02. The Hall–Kier alpha value is -8.05. The van der Waals surface area contributed by atoms with Crippen molar-refractivity contribution in [3.05, 3.63) is 212 Å². The summed E-state index contributed by atoms with van der Waals surface area (Å²) in [7, 11) is 0. The van der Waals surface area contributed by atoms with Crippen molar-refractivity contribution in [1.82, 2.24) is 14.1 Å². The molecule has 4 aromatic heterocycles. The quantitative estimate of drug-likeness (QED) is 0.162. The lowest BCUT2D eigenvalue weighted by Crippen LogP contribution is -1.95. The van der Waals surface area contributed by atoms with Crippen LogP contribution in [0.1, 0.15) is 0 Å². The molecule has 14 rings (SSSR count). The van der Waals surface area contributed by atoms with Gasteiger partial charge in [-0.15, -0.1) is 11.3 Å². The number of nitrogens with zero attached hydrogens (tertiary/aromatic N) is 3. The zero-order valence-corrected chi connectivity index (χ0v) is 34.8. The number of rotatable bonds is 4. The van der Waals surface area contributed by atoms with Gasteiger partial charge in [0, 0.05) is 60.2 Å². The standard InChI is InChI=1S/C59H35N3S/c1-2-16-43-41(14-1)42-15-3-4-17-44(42)50-33-37(24-27-45(43)50)36-12-11-13-38(32-36)58-59-49(30-31-60-58)52-35-40(26-29-57(52)63-59)62-55-23-10-7-20-48(55)51-34-39(25-28-56(51)62)61-53-21-8-5-18-46(53)47-19-6-9-22-54(47)61/h1-35H. The first kappa shape index (κ1) is 34.6. The van der Waals surface area contributed by atoms with Gasteiger partial charge in [-0.1, -0.05) is 133 Å². The van der Waals surface area contributed by atoms with E-state index in [1.807, 2.05) is 17.5 Å². The summed E-state index contributed by atoms with van der Waals surface area (Å²) in [6.07, 6.45) is 1.98. The molecule has 10 aromatic carbocycles. The van der Waals surface area contributed by atoms with Gasteiger partial charge in [0.2, 0.25) is 0 Å². The SMILES string of the molecule is c1cc(-c2ccc3c4ccccc4c4ccccc4c3c2)cc(-c2nccc3c2sc2ccc(-n4c5ccccc5c5cc(-n6c7ccccc7c7ccccc76)ccc54)cc23)c1. The van der Waals surface area contributed by atoms with Crippen LogP contribution in [0.5, 0.6) is 0 Å². The first-order chi connectivity index (χ1) is 31.2. The number of para-hydroxylation sites is 3. The van der Waals surface area contributed by atoms with Crippen LogP contribution in [-0.2, 0) is 0 Å². The Morgan fingerprint density at radius 3 is 1.44 bits per heavy atom. The summed E-state index contributed by atoms with van der Waals surface area (Å²) < 4.78 is 7.30. The van der Waals surface area contributed by atoms with Crippen LogP contribution in [-0.4, -0.2) is 14.1 Å². The summed E-state index contributed by atoms with van der Waals surface area (Å²) in [4.78, 5) is 5.06. The lowest BCUT2D eigenvalue weighted by molar-refractivity contribution is 1.17. The van der Waals surface area contributed by atoms with Gasteiger partial charge in [-0.05, 0) is 116 Å². The maximum atomic E-state index is 5.06. The second-order valence-electron chi connectivity index (χ2n) is 16.7. The van der Waals surface area contributed by atoms with Crippen molar-refractivity contribution >= 4 is 107 Å². The van der Waals surface area contributed by atoms with Gasteiger partial charge >= 0.3 is 0 Å². The Balaban J connectivity index is 0.894. The van der Waals surface area contributed by atoms with Crippen molar-refractivity contribution in [2.75, 3.05) is 0 Å². The molecule has 0 aliphatic rings. The van der Waals surface area contributed by atoms with Gasteiger partial charge < -0.3 is 9.13 Å². The third-order valence-electron chi connectivity index (χ3n) is 13.3. The van der Waals surface area contributed by atoms with Crippen LogP contribution >= 0.6 is 11.3 Å². The summed E-state index contributed by atoms with van der Waals surface area (Å²) in [5.74, 6) is 0. The highest BCUT2D eigenvalue weighted by Gasteiger charge is 2.19. The maximum Gasteiger partial charge on any atom is 0.0880 e. The minimum Gasteiger partial charge on any atom is -0.309 e. The zero-order valence-electron chi connectivity index (χ0n) is 34.0. The average molecular weight is 818 g/mol. The van der Waals surface area contributed by atoms with Crippen molar-refractivity contribution in [3.63, 3.8) is 0 Å². The molecule has 4 heterocycles. The van der Waals surface area contributed by atoms with Crippen LogP contribution in [0, 0.1) is 0 Å². The molecule has 0 spiro atoms. The van der Waals surface area contributed by atoms with Crippen LogP contribution in [0.15, 0.2) is 212 Å². The van der Waals surface area contributed by atoms with Gasteiger partial charge in [0.1, 0.15) is 0 Å². The highest BCUT2D eigenvalue weighted by atomic mass is 32.1. The molecule has 14 aromatic rings. The Morgan fingerprint density at radius 2 is 0.794 bits per heavy atom. The number of hydrogen-bond acceptors (Lipinski definition) is 2. The van der Waals surface area contributed by atoms with Crippen molar-refractivity contribution in [2.45, 2.75) is 0 Å². The molecule has 0 saturated heterocycles. The smallest absolute Gasteiger partial charge is 0.0880 e. The highest BCUT2D eigenvalue weighted by molar-refractivity contribution is 7.26. The molecule has 0 atom stereocenters. The molecule has 0 fully saturated rings. The summed E-state index contributed by atoms with van der Waals surface area (Å²) in [6.45, 7) is 0. The topological polar surface area (TPSA) is 22.8 Å².